The highest BCUT2D eigenvalue weighted by Gasteiger charge is 2.45. The number of nitrogens with zero attached hydrogens (tertiary/aromatic N) is 1. The molecule has 2 rings (SSSR count). The van der Waals surface area contributed by atoms with Gasteiger partial charge in [-0.05, 0) is 25.0 Å². The number of alkyl halides is 1. The number of hydrogen-bond donors (Lipinski definition) is 3. The van der Waals surface area contributed by atoms with Crippen molar-refractivity contribution in [3.8, 4) is 0 Å². The van der Waals surface area contributed by atoms with Crippen LogP contribution in [0.1, 0.15) is 18.9 Å². The Morgan fingerprint density at radius 3 is 2.74 bits per heavy atom. The van der Waals surface area contributed by atoms with Gasteiger partial charge in [-0.25, -0.2) is 9.18 Å². The Kier molecular flexibility index (Phi) is 6.98. The van der Waals surface area contributed by atoms with Gasteiger partial charge in [0.25, 0.3) is 0 Å². The van der Waals surface area contributed by atoms with E-state index in [1.807, 2.05) is 6.07 Å². The first-order valence-electron chi connectivity index (χ1n) is 8.66. The lowest BCUT2D eigenvalue weighted by Gasteiger charge is -2.33. The first-order chi connectivity index (χ1) is 12.7. The van der Waals surface area contributed by atoms with Crippen molar-refractivity contribution in [1.29, 1.82) is 0 Å². The molecule has 0 radical (unpaired) electrons. The van der Waals surface area contributed by atoms with Gasteiger partial charge in [-0.3, -0.25) is 4.79 Å². The van der Waals surface area contributed by atoms with Crippen LogP contribution in [0, 0.1) is 0 Å². The fraction of sp³-hybridized carbons (Fsp3) is 0.444. The summed E-state index contributed by atoms with van der Waals surface area (Å²) in [6, 6.07) is 9.01. The second kappa shape index (κ2) is 9.01. The second-order valence-corrected chi connectivity index (χ2v) is 6.88. The average molecular weight is 378 g/mol. The molecule has 146 valence electrons. The van der Waals surface area contributed by atoms with Crippen LogP contribution in [0.5, 0.6) is 0 Å². The van der Waals surface area contributed by atoms with Crippen LogP contribution < -0.4 is 5.32 Å². The maximum Gasteiger partial charge on any atom is 0.475 e. The van der Waals surface area contributed by atoms with Gasteiger partial charge in [0.1, 0.15) is 12.8 Å². The fourth-order valence-electron chi connectivity index (χ4n) is 3.19. The molecule has 2 amide bonds. The van der Waals surface area contributed by atoms with E-state index in [-0.39, 0.29) is 26.0 Å². The van der Waals surface area contributed by atoms with Crippen molar-refractivity contribution in [2.75, 3.05) is 13.2 Å². The molecule has 0 saturated carbocycles. The van der Waals surface area contributed by atoms with Crippen molar-refractivity contribution in [1.82, 2.24) is 10.2 Å². The molecule has 1 saturated heterocycles. The summed E-state index contributed by atoms with van der Waals surface area (Å²) in [6.07, 6.45) is -0.766. The van der Waals surface area contributed by atoms with Crippen LogP contribution in [0.15, 0.2) is 43.0 Å². The first kappa shape index (κ1) is 20.9. The van der Waals surface area contributed by atoms with Gasteiger partial charge < -0.3 is 25.0 Å². The molecule has 3 atom stereocenters. The molecule has 0 spiro atoms. The topological polar surface area (TPSA) is 99.1 Å². The van der Waals surface area contributed by atoms with E-state index in [0.717, 1.165) is 11.6 Å². The molecule has 1 aromatic rings. The van der Waals surface area contributed by atoms with Crippen LogP contribution in [0.2, 0.25) is 0 Å². The molecule has 0 bridgehead atoms. The van der Waals surface area contributed by atoms with Crippen LogP contribution in [0.25, 0.3) is 0 Å². The van der Waals surface area contributed by atoms with Gasteiger partial charge in [0.15, 0.2) is 0 Å². The Labute approximate surface area is 158 Å². The number of hydrogen-bond acceptors (Lipinski definition) is 5. The number of halogens is 1. The predicted octanol–water partition coefficient (Wildman–Crippen LogP) is 0.851. The minimum absolute atomic E-state index is 0.0376. The highest BCUT2D eigenvalue weighted by atomic mass is 19.1. The van der Waals surface area contributed by atoms with E-state index >= 15 is 0 Å². The molecule has 9 heteroatoms. The van der Waals surface area contributed by atoms with Crippen LogP contribution in [-0.4, -0.2) is 64.9 Å². The quantitative estimate of drug-likeness (QED) is 0.483. The van der Waals surface area contributed by atoms with E-state index in [9.17, 15) is 24.0 Å². The van der Waals surface area contributed by atoms with Crippen LogP contribution in [0.3, 0.4) is 0 Å². The highest BCUT2D eigenvalue weighted by Crippen LogP contribution is 2.31. The maximum absolute atomic E-state index is 13.8. The molecule has 1 aromatic carbocycles. The summed E-state index contributed by atoms with van der Waals surface area (Å²) in [5, 5.41) is 21.4. The Hall–Kier alpha value is -2.39. The first-order valence-corrected chi connectivity index (χ1v) is 8.66. The molecular formula is C18H24BFN2O5. The summed E-state index contributed by atoms with van der Waals surface area (Å²) in [5.41, 5.74) is -0.184. The number of ether oxygens (including phenoxy) is 1. The number of likely N-dealkylation sites (tertiary alicyclic amines) is 1. The summed E-state index contributed by atoms with van der Waals surface area (Å²) < 4.78 is 19.0. The number of amides is 2. The molecule has 1 unspecified atom stereocenters. The van der Waals surface area contributed by atoms with Crippen molar-refractivity contribution in [3.63, 3.8) is 0 Å². The number of carbonyl (C=O) groups excluding carboxylic acids is 2. The van der Waals surface area contributed by atoms with Gasteiger partial charge in [0.05, 0.1) is 18.0 Å². The van der Waals surface area contributed by atoms with Gasteiger partial charge in [0, 0.05) is 6.42 Å². The van der Waals surface area contributed by atoms with E-state index in [0.29, 0.717) is 0 Å². The van der Waals surface area contributed by atoms with Crippen molar-refractivity contribution >= 4 is 19.1 Å². The number of carbonyl (C=O) groups is 2. The van der Waals surface area contributed by atoms with Crippen LogP contribution in [-0.2, 0) is 16.0 Å². The molecule has 3 N–H and O–H groups in total. The maximum atomic E-state index is 13.8. The van der Waals surface area contributed by atoms with E-state index in [2.05, 4.69) is 11.9 Å². The molecule has 1 fully saturated rings. The third kappa shape index (κ3) is 5.54. The predicted molar refractivity (Wildman–Crippen MR) is 98.4 cm³/mol. The lowest BCUT2D eigenvalue weighted by molar-refractivity contribution is -0.131. The number of nitrogens with one attached hydrogen (secondary N) is 1. The summed E-state index contributed by atoms with van der Waals surface area (Å²) in [7, 11) is -1.78. The van der Waals surface area contributed by atoms with Gasteiger partial charge in [-0.2, -0.15) is 0 Å². The summed E-state index contributed by atoms with van der Waals surface area (Å²) in [4.78, 5) is 25.3. The molecule has 27 heavy (non-hydrogen) atoms. The van der Waals surface area contributed by atoms with E-state index in [4.69, 9.17) is 4.74 Å². The monoisotopic (exact) mass is 378 g/mol. The zero-order valence-corrected chi connectivity index (χ0v) is 15.2. The van der Waals surface area contributed by atoms with Crippen molar-refractivity contribution < 1.29 is 28.8 Å². The Bertz CT molecular complexity index is 675. The lowest BCUT2D eigenvalue weighted by atomic mass is 9.76. The molecule has 1 aliphatic rings. The third-order valence-corrected chi connectivity index (χ3v) is 4.61. The smallest absolute Gasteiger partial charge is 0.447 e. The fourth-order valence-corrected chi connectivity index (χ4v) is 3.19. The summed E-state index contributed by atoms with van der Waals surface area (Å²) in [5.74, 6) is -1.41. The minimum atomic E-state index is -1.78. The standard InChI is InChI=1S/C18H24BFN2O5/c1-3-16(23)22-11-14(20)10-18(22,2)12-27-17(24)21-15(19(25)26)9-13-7-5-4-6-8-13/h3-8,14-15,25-26H,1,9-12H2,2H3,(H,21,24)/t14-,15?,18+/m0/s1. The van der Waals surface area contributed by atoms with E-state index < -0.39 is 36.8 Å². The van der Waals surface area contributed by atoms with Gasteiger partial charge in [-0.1, -0.05) is 36.9 Å². The SMILES string of the molecule is C=CC(=O)N1C[C@@H](F)C[C@]1(C)COC(=O)NC(Cc1ccccc1)B(O)O. The largest absolute Gasteiger partial charge is 0.475 e. The highest BCUT2D eigenvalue weighted by molar-refractivity contribution is 6.43. The zero-order chi connectivity index (χ0) is 20.0. The number of benzene rings is 1. The van der Waals surface area contributed by atoms with Crippen molar-refractivity contribution in [2.45, 2.75) is 37.4 Å². The Morgan fingerprint density at radius 1 is 1.48 bits per heavy atom. The van der Waals surface area contributed by atoms with Gasteiger partial charge >= 0.3 is 13.2 Å². The van der Waals surface area contributed by atoms with E-state index in [1.54, 1.807) is 31.2 Å². The van der Waals surface area contributed by atoms with Gasteiger partial charge in [0.2, 0.25) is 5.91 Å². The Morgan fingerprint density at radius 2 is 2.15 bits per heavy atom. The molecule has 0 aliphatic carbocycles. The van der Waals surface area contributed by atoms with Gasteiger partial charge in [-0.15, -0.1) is 0 Å². The van der Waals surface area contributed by atoms with Crippen molar-refractivity contribution in [2.24, 2.45) is 0 Å². The van der Waals surface area contributed by atoms with Crippen LogP contribution in [0.4, 0.5) is 9.18 Å². The lowest BCUT2D eigenvalue weighted by Crippen LogP contribution is -2.51. The molecule has 7 nitrogen and oxygen atoms in total. The molecule has 1 heterocycles. The zero-order valence-electron chi connectivity index (χ0n) is 15.2. The number of alkyl carbamates (subject to hydrolysis) is 1. The summed E-state index contributed by atoms with van der Waals surface area (Å²) in [6.45, 7) is 4.72. The van der Waals surface area contributed by atoms with Crippen LogP contribution >= 0.6 is 0 Å². The molecule has 0 aromatic heterocycles. The van der Waals surface area contributed by atoms with Crippen molar-refractivity contribution in [3.05, 3.63) is 48.6 Å². The average Bonchev–Trinajstić information content (AvgIpc) is 2.94. The van der Waals surface area contributed by atoms with E-state index in [1.165, 1.54) is 4.90 Å². The third-order valence-electron chi connectivity index (χ3n) is 4.61. The normalized spacial score (nSPS) is 22.8. The Balaban J connectivity index is 1.95. The summed E-state index contributed by atoms with van der Waals surface area (Å²) >= 11 is 0. The minimum Gasteiger partial charge on any atom is -0.447 e. The second-order valence-electron chi connectivity index (χ2n) is 6.88. The number of rotatable bonds is 7. The molecule has 1 aliphatic heterocycles. The molecular weight excluding hydrogens is 354 g/mol.